The predicted molar refractivity (Wildman–Crippen MR) is 87.2 cm³/mol. The van der Waals surface area contributed by atoms with E-state index in [0.29, 0.717) is 6.04 Å². The standard InChI is InChI=1S/C18H22ClN/c1-4-18(15-8-10-17(19)11-9-15)20-12-16-7-5-6-13(2)14(16)3/h5-11,18,20H,4,12H2,1-3H3. The van der Waals surface area contributed by atoms with E-state index in [-0.39, 0.29) is 0 Å². The number of hydrogen-bond donors (Lipinski definition) is 1. The van der Waals surface area contributed by atoms with Gasteiger partial charge in [0, 0.05) is 17.6 Å². The molecule has 0 bridgehead atoms. The van der Waals surface area contributed by atoms with E-state index < -0.39 is 0 Å². The number of benzene rings is 2. The van der Waals surface area contributed by atoms with Gasteiger partial charge >= 0.3 is 0 Å². The summed E-state index contributed by atoms with van der Waals surface area (Å²) < 4.78 is 0. The monoisotopic (exact) mass is 287 g/mol. The van der Waals surface area contributed by atoms with Crippen molar-refractivity contribution < 1.29 is 0 Å². The minimum atomic E-state index is 0.368. The molecule has 0 amide bonds. The molecule has 20 heavy (non-hydrogen) atoms. The van der Waals surface area contributed by atoms with Crippen molar-refractivity contribution in [2.24, 2.45) is 0 Å². The van der Waals surface area contributed by atoms with E-state index >= 15 is 0 Å². The van der Waals surface area contributed by atoms with Crippen LogP contribution in [0.3, 0.4) is 0 Å². The van der Waals surface area contributed by atoms with Gasteiger partial charge in [-0.25, -0.2) is 0 Å². The fourth-order valence-corrected chi connectivity index (χ4v) is 2.56. The van der Waals surface area contributed by atoms with Gasteiger partial charge in [0.2, 0.25) is 0 Å². The Bertz CT molecular complexity index is 560. The van der Waals surface area contributed by atoms with Crippen LogP contribution in [0.25, 0.3) is 0 Å². The molecule has 2 heteroatoms. The molecule has 0 aromatic heterocycles. The van der Waals surface area contributed by atoms with Gasteiger partial charge in [-0.1, -0.05) is 48.9 Å². The van der Waals surface area contributed by atoms with Crippen LogP contribution in [-0.2, 0) is 6.54 Å². The summed E-state index contributed by atoms with van der Waals surface area (Å²) >= 11 is 5.95. The Labute approximate surface area is 127 Å². The van der Waals surface area contributed by atoms with Crippen molar-refractivity contribution in [1.82, 2.24) is 5.32 Å². The van der Waals surface area contributed by atoms with Crippen LogP contribution in [0.4, 0.5) is 0 Å². The zero-order valence-electron chi connectivity index (χ0n) is 12.4. The molecule has 0 spiro atoms. The van der Waals surface area contributed by atoms with E-state index in [2.05, 4.69) is 56.4 Å². The summed E-state index contributed by atoms with van der Waals surface area (Å²) in [7, 11) is 0. The van der Waals surface area contributed by atoms with Crippen molar-refractivity contribution in [3.63, 3.8) is 0 Å². The second-order valence-electron chi connectivity index (χ2n) is 5.25. The normalized spacial score (nSPS) is 12.4. The largest absolute Gasteiger partial charge is 0.306 e. The van der Waals surface area contributed by atoms with Gasteiger partial charge in [-0.15, -0.1) is 0 Å². The molecular formula is C18H22ClN. The van der Waals surface area contributed by atoms with E-state index in [9.17, 15) is 0 Å². The molecule has 106 valence electrons. The maximum atomic E-state index is 5.95. The van der Waals surface area contributed by atoms with Crippen molar-refractivity contribution >= 4 is 11.6 Å². The predicted octanol–water partition coefficient (Wildman–Crippen LogP) is 5.20. The third-order valence-corrected chi connectivity index (χ3v) is 4.19. The Morgan fingerprint density at radius 2 is 1.75 bits per heavy atom. The second-order valence-corrected chi connectivity index (χ2v) is 5.69. The zero-order chi connectivity index (χ0) is 14.5. The lowest BCUT2D eigenvalue weighted by atomic mass is 10.0. The zero-order valence-corrected chi connectivity index (χ0v) is 13.2. The Balaban J connectivity index is 2.07. The van der Waals surface area contributed by atoms with Gasteiger partial charge in [0.25, 0.3) is 0 Å². The van der Waals surface area contributed by atoms with Gasteiger partial charge in [-0.3, -0.25) is 0 Å². The van der Waals surface area contributed by atoms with Gasteiger partial charge < -0.3 is 5.32 Å². The topological polar surface area (TPSA) is 12.0 Å². The summed E-state index contributed by atoms with van der Waals surface area (Å²) in [5, 5.41) is 4.44. The van der Waals surface area contributed by atoms with Crippen molar-refractivity contribution in [1.29, 1.82) is 0 Å². The fourth-order valence-electron chi connectivity index (χ4n) is 2.43. The van der Waals surface area contributed by atoms with E-state index in [1.54, 1.807) is 0 Å². The second kappa shape index (κ2) is 6.92. The first-order valence-electron chi connectivity index (χ1n) is 7.15. The molecule has 1 N–H and O–H groups in total. The molecule has 1 nitrogen and oxygen atoms in total. The molecule has 2 aromatic carbocycles. The summed E-state index contributed by atoms with van der Waals surface area (Å²) in [6.45, 7) is 7.45. The average Bonchev–Trinajstić information content (AvgIpc) is 2.45. The lowest BCUT2D eigenvalue weighted by Gasteiger charge is -2.19. The first kappa shape index (κ1) is 15.1. The molecule has 0 radical (unpaired) electrons. The highest BCUT2D eigenvalue weighted by Crippen LogP contribution is 2.20. The average molecular weight is 288 g/mol. The minimum absolute atomic E-state index is 0.368. The van der Waals surface area contributed by atoms with Crippen LogP contribution in [0.5, 0.6) is 0 Å². The van der Waals surface area contributed by atoms with Crippen LogP contribution in [0.1, 0.15) is 41.6 Å². The fraction of sp³-hybridized carbons (Fsp3) is 0.333. The SMILES string of the molecule is CCC(NCc1cccc(C)c1C)c1ccc(Cl)cc1. The Morgan fingerprint density at radius 3 is 2.40 bits per heavy atom. The summed E-state index contributed by atoms with van der Waals surface area (Å²) in [6, 6.07) is 15.0. The Kier molecular flexibility index (Phi) is 5.22. The van der Waals surface area contributed by atoms with Crippen molar-refractivity contribution in [2.75, 3.05) is 0 Å². The quantitative estimate of drug-likeness (QED) is 0.797. The van der Waals surface area contributed by atoms with Gasteiger partial charge in [-0.2, -0.15) is 0 Å². The molecule has 0 aliphatic rings. The third kappa shape index (κ3) is 3.62. The van der Waals surface area contributed by atoms with E-state index in [4.69, 9.17) is 11.6 Å². The summed E-state index contributed by atoms with van der Waals surface area (Å²) in [5.74, 6) is 0. The molecule has 2 aromatic rings. The Morgan fingerprint density at radius 1 is 1.05 bits per heavy atom. The number of nitrogens with one attached hydrogen (secondary N) is 1. The number of rotatable bonds is 5. The molecular weight excluding hydrogens is 266 g/mol. The van der Waals surface area contributed by atoms with Gasteiger partial charge in [0.05, 0.1) is 0 Å². The maximum Gasteiger partial charge on any atom is 0.0406 e. The van der Waals surface area contributed by atoms with E-state index in [1.165, 1.54) is 22.3 Å². The lowest BCUT2D eigenvalue weighted by molar-refractivity contribution is 0.518. The number of halogens is 1. The van der Waals surface area contributed by atoms with E-state index in [0.717, 1.165) is 18.0 Å². The van der Waals surface area contributed by atoms with Crippen LogP contribution in [-0.4, -0.2) is 0 Å². The molecule has 0 aliphatic heterocycles. The van der Waals surface area contributed by atoms with Crippen LogP contribution < -0.4 is 5.32 Å². The van der Waals surface area contributed by atoms with Crippen LogP contribution in [0, 0.1) is 13.8 Å². The van der Waals surface area contributed by atoms with Crippen molar-refractivity contribution in [3.8, 4) is 0 Å². The van der Waals surface area contributed by atoms with E-state index in [1.807, 2.05) is 12.1 Å². The smallest absolute Gasteiger partial charge is 0.0406 e. The van der Waals surface area contributed by atoms with Gasteiger partial charge in [0.1, 0.15) is 0 Å². The highest BCUT2D eigenvalue weighted by Gasteiger charge is 2.09. The van der Waals surface area contributed by atoms with Crippen LogP contribution >= 0.6 is 11.6 Å². The lowest BCUT2D eigenvalue weighted by Crippen LogP contribution is -2.20. The summed E-state index contributed by atoms with van der Waals surface area (Å²) in [4.78, 5) is 0. The minimum Gasteiger partial charge on any atom is -0.306 e. The molecule has 0 saturated carbocycles. The van der Waals surface area contributed by atoms with Crippen LogP contribution in [0.15, 0.2) is 42.5 Å². The molecule has 2 rings (SSSR count). The number of aryl methyl sites for hydroxylation is 1. The summed E-state index contributed by atoms with van der Waals surface area (Å²) in [6.07, 6.45) is 1.06. The highest BCUT2D eigenvalue weighted by atomic mass is 35.5. The maximum absolute atomic E-state index is 5.95. The van der Waals surface area contributed by atoms with Gasteiger partial charge in [-0.05, 0) is 54.7 Å². The summed E-state index contributed by atoms with van der Waals surface area (Å²) in [5.41, 5.74) is 5.40. The Hall–Kier alpha value is -1.31. The van der Waals surface area contributed by atoms with Crippen LogP contribution in [0.2, 0.25) is 5.02 Å². The van der Waals surface area contributed by atoms with Crippen molar-refractivity contribution in [2.45, 2.75) is 39.8 Å². The first-order valence-corrected chi connectivity index (χ1v) is 7.53. The molecule has 0 fully saturated rings. The number of hydrogen-bond acceptors (Lipinski definition) is 1. The van der Waals surface area contributed by atoms with Gasteiger partial charge in [0.15, 0.2) is 0 Å². The molecule has 0 heterocycles. The van der Waals surface area contributed by atoms with Crippen molar-refractivity contribution in [3.05, 3.63) is 69.7 Å². The first-order chi connectivity index (χ1) is 9.61. The molecule has 1 unspecified atom stereocenters. The molecule has 0 aliphatic carbocycles. The highest BCUT2D eigenvalue weighted by molar-refractivity contribution is 6.30. The molecule has 1 atom stereocenters. The molecule has 0 saturated heterocycles. The third-order valence-electron chi connectivity index (χ3n) is 3.94.